The molecule has 2 rings (SSSR count). The van der Waals surface area contributed by atoms with Crippen LogP contribution >= 0.6 is 0 Å². The molecule has 0 spiro atoms. The molecule has 0 unspecified atom stereocenters. The van der Waals surface area contributed by atoms with Crippen LogP contribution in [0.4, 0.5) is 10.1 Å². The Morgan fingerprint density at radius 1 is 1.44 bits per heavy atom. The fourth-order valence-corrected chi connectivity index (χ4v) is 1.76. The lowest BCUT2D eigenvalue weighted by molar-refractivity contribution is -0.119. The molecule has 1 amide bonds. The third-order valence-corrected chi connectivity index (χ3v) is 2.83. The number of rotatable bonds is 1. The highest BCUT2D eigenvalue weighted by Crippen LogP contribution is 2.38. The van der Waals surface area contributed by atoms with Crippen molar-refractivity contribution in [1.82, 2.24) is 0 Å². The first-order chi connectivity index (χ1) is 7.34. The minimum atomic E-state index is -1.34. The van der Waals surface area contributed by atoms with Crippen LogP contribution in [-0.4, -0.2) is 17.0 Å². The molecule has 0 aromatic heterocycles. The number of hydrogen-bond acceptors (Lipinski definition) is 2. The molecule has 84 valence electrons. The summed E-state index contributed by atoms with van der Waals surface area (Å²) in [4.78, 5) is 22.3. The molecule has 0 bridgehead atoms. The maximum atomic E-state index is 13.3. The Hall–Kier alpha value is -1.91. The summed E-state index contributed by atoms with van der Waals surface area (Å²) in [7, 11) is 0. The zero-order valence-corrected chi connectivity index (χ0v) is 8.80. The molecule has 1 aromatic rings. The number of fused-ring (bicyclic) bond motifs is 1. The molecule has 4 nitrogen and oxygen atoms in total. The minimum absolute atomic E-state index is 0.260. The van der Waals surface area contributed by atoms with Crippen LogP contribution in [0.1, 0.15) is 29.8 Å². The van der Waals surface area contributed by atoms with Gasteiger partial charge in [0.1, 0.15) is 5.82 Å². The average molecular weight is 223 g/mol. The third-order valence-electron chi connectivity index (χ3n) is 2.83. The van der Waals surface area contributed by atoms with Crippen molar-refractivity contribution in [3.05, 3.63) is 29.1 Å². The first-order valence-electron chi connectivity index (χ1n) is 4.73. The number of aromatic carboxylic acids is 1. The Morgan fingerprint density at radius 2 is 2.06 bits per heavy atom. The number of halogens is 1. The van der Waals surface area contributed by atoms with E-state index in [9.17, 15) is 14.0 Å². The number of anilines is 1. The lowest BCUT2D eigenvalue weighted by Crippen LogP contribution is -2.27. The molecule has 0 saturated carbocycles. The zero-order chi connectivity index (χ0) is 12.1. The number of amides is 1. The number of carbonyl (C=O) groups is 2. The second-order valence-electron chi connectivity index (χ2n) is 4.26. The fraction of sp³-hybridized carbons (Fsp3) is 0.273. The average Bonchev–Trinajstić information content (AvgIpc) is 2.36. The standard InChI is InChI=1S/C11H10FNO3/c1-11(2)6-3-5(9(14)15)7(12)4-8(6)13-10(11)16/h3-4H,1-2H3,(H,13,16)(H,14,15). The van der Waals surface area contributed by atoms with Crippen LogP contribution in [0.3, 0.4) is 0 Å². The van der Waals surface area contributed by atoms with Crippen LogP contribution in [0.5, 0.6) is 0 Å². The van der Waals surface area contributed by atoms with Crippen LogP contribution in [0.15, 0.2) is 12.1 Å². The second-order valence-corrected chi connectivity index (χ2v) is 4.26. The van der Waals surface area contributed by atoms with Crippen molar-refractivity contribution in [3.63, 3.8) is 0 Å². The second kappa shape index (κ2) is 3.04. The molecule has 0 radical (unpaired) electrons. The van der Waals surface area contributed by atoms with E-state index in [0.29, 0.717) is 11.3 Å². The van der Waals surface area contributed by atoms with Gasteiger partial charge in [-0.15, -0.1) is 0 Å². The van der Waals surface area contributed by atoms with Gasteiger partial charge in [0.15, 0.2) is 0 Å². The van der Waals surface area contributed by atoms with Crippen LogP contribution in [0, 0.1) is 5.82 Å². The molecule has 1 aromatic carbocycles. The summed E-state index contributed by atoms with van der Waals surface area (Å²) >= 11 is 0. The van der Waals surface area contributed by atoms with Gasteiger partial charge in [0.2, 0.25) is 5.91 Å². The summed E-state index contributed by atoms with van der Waals surface area (Å²) < 4.78 is 13.3. The minimum Gasteiger partial charge on any atom is -0.478 e. The Morgan fingerprint density at radius 3 is 2.62 bits per heavy atom. The summed E-state index contributed by atoms with van der Waals surface area (Å²) in [5, 5.41) is 11.3. The van der Waals surface area contributed by atoms with Gasteiger partial charge in [-0.1, -0.05) is 0 Å². The molecule has 1 aliphatic heterocycles. The van der Waals surface area contributed by atoms with E-state index in [1.165, 1.54) is 6.07 Å². The van der Waals surface area contributed by atoms with E-state index in [0.717, 1.165) is 6.07 Å². The van der Waals surface area contributed by atoms with Crippen molar-refractivity contribution in [2.75, 3.05) is 5.32 Å². The summed E-state index contributed by atoms with van der Waals surface area (Å²) in [5.41, 5.74) is -0.384. The predicted octanol–water partition coefficient (Wildman–Crippen LogP) is 1.75. The maximum absolute atomic E-state index is 13.3. The molecule has 0 saturated heterocycles. The van der Waals surface area contributed by atoms with Crippen LogP contribution < -0.4 is 5.32 Å². The smallest absolute Gasteiger partial charge is 0.338 e. The number of carboxylic acids is 1. The number of hydrogen-bond donors (Lipinski definition) is 2. The molecule has 0 atom stereocenters. The molecule has 1 heterocycles. The van der Waals surface area contributed by atoms with E-state index < -0.39 is 22.8 Å². The molecule has 1 aliphatic rings. The highest BCUT2D eigenvalue weighted by Gasteiger charge is 2.39. The van der Waals surface area contributed by atoms with Gasteiger partial charge in [-0.3, -0.25) is 4.79 Å². The predicted molar refractivity (Wildman–Crippen MR) is 55.0 cm³/mol. The van der Waals surface area contributed by atoms with Crippen molar-refractivity contribution in [1.29, 1.82) is 0 Å². The molecule has 0 fully saturated rings. The number of carbonyl (C=O) groups excluding carboxylic acids is 1. The van der Waals surface area contributed by atoms with E-state index >= 15 is 0 Å². The van der Waals surface area contributed by atoms with Gasteiger partial charge in [-0.05, 0) is 31.5 Å². The van der Waals surface area contributed by atoms with Gasteiger partial charge in [0, 0.05) is 5.69 Å². The monoisotopic (exact) mass is 223 g/mol. The van der Waals surface area contributed by atoms with Gasteiger partial charge in [0.25, 0.3) is 0 Å². The first-order valence-corrected chi connectivity index (χ1v) is 4.73. The lowest BCUT2D eigenvalue weighted by atomic mass is 9.85. The van der Waals surface area contributed by atoms with E-state index in [4.69, 9.17) is 5.11 Å². The van der Waals surface area contributed by atoms with E-state index in [1.54, 1.807) is 13.8 Å². The Bertz CT molecular complexity index is 508. The number of benzene rings is 1. The SMILES string of the molecule is CC1(C)C(=O)Nc2cc(F)c(C(=O)O)cc21. The largest absolute Gasteiger partial charge is 0.478 e. The Balaban J connectivity index is 2.67. The van der Waals surface area contributed by atoms with Crippen molar-refractivity contribution in [2.45, 2.75) is 19.3 Å². The highest BCUT2D eigenvalue weighted by molar-refractivity contribution is 6.06. The summed E-state index contributed by atoms with van der Waals surface area (Å²) in [5.74, 6) is -2.44. The molecular formula is C11H10FNO3. The van der Waals surface area contributed by atoms with E-state index in [2.05, 4.69) is 5.32 Å². The van der Waals surface area contributed by atoms with Crippen molar-refractivity contribution in [3.8, 4) is 0 Å². The van der Waals surface area contributed by atoms with Crippen LogP contribution in [0.2, 0.25) is 0 Å². The van der Waals surface area contributed by atoms with Gasteiger partial charge in [-0.2, -0.15) is 0 Å². The summed E-state index contributed by atoms with van der Waals surface area (Å²) in [6.07, 6.45) is 0. The molecule has 5 heteroatoms. The van der Waals surface area contributed by atoms with Gasteiger partial charge in [0.05, 0.1) is 11.0 Å². The Labute approximate surface area is 91.1 Å². The molecule has 2 N–H and O–H groups in total. The van der Waals surface area contributed by atoms with Crippen LogP contribution in [-0.2, 0) is 10.2 Å². The normalized spacial score (nSPS) is 16.8. The molecular weight excluding hydrogens is 213 g/mol. The zero-order valence-electron chi connectivity index (χ0n) is 8.80. The summed E-state index contributed by atoms with van der Waals surface area (Å²) in [6.45, 7) is 3.33. The van der Waals surface area contributed by atoms with Crippen LogP contribution in [0.25, 0.3) is 0 Å². The van der Waals surface area contributed by atoms with Gasteiger partial charge in [-0.25, -0.2) is 9.18 Å². The van der Waals surface area contributed by atoms with Gasteiger partial charge < -0.3 is 10.4 Å². The molecule has 0 aliphatic carbocycles. The van der Waals surface area contributed by atoms with Crippen molar-refractivity contribution >= 4 is 17.6 Å². The number of carboxylic acid groups (broad SMARTS) is 1. The van der Waals surface area contributed by atoms with Crippen molar-refractivity contribution < 1.29 is 19.1 Å². The fourth-order valence-electron chi connectivity index (χ4n) is 1.76. The Kier molecular flexibility index (Phi) is 2.01. The van der Waals surface area contributed by atoms with Crippen molar-refractivity contribution in [2.24, 2.45) is 0 Å². The topological polar surface area (TPSA) is 66.4 Å². The molecule has 16 heavy (non-hydrogen) atoms. The first kappa shape index (κ1) is 10.6. The maximum Gasteiger partial charge on any atom is 0.338 e. The third kappa shape index (κ3) is 1.28. The van der Waals surface area contributed by atoms with E-state index in [-0.39, 0.29) is 5.91 Å². The number of nitrogens with one attached hydrogen (secondary N) is 1. The summed E-state index contributed by atoms with van der Waals surface area (Å²) in [6, 6.07) is 2.26. The van der Waals surface area contributed by atoms with E-state index in [1.807, 2.05) is 0 Å². The highest BCUT2D eigenvalue weighted by atomic mass is 19.1. The van der Waals surface area contributed by atoms with Gasteiger partial charge >= 0.3 is 5.97 Å². The quantitative estimate of drug-likeness (QED) is 0.762. The lowest BCUT2D eigenvalue weighted by Gasteiger charge is -2.15.